The molecular weight excluding hydrogens is 421 g/mol. The van der Waals surface area contributed by atoms with Crippen molar-refractivity contribution in [1.82, 2.24) is 25.1 Å². The van der Waals surface area contributed by atoms with Crippen LogP contribution in [-0.4, -0.2) is 38.2 Å². The third-order valence-electron chi connectivity index (χ3n) is 6.28. The predicted octanol–water partition coefficient (Wildman–Crippen LogP) is 5.53. The van der Waals surface area contributed by atoms with E-state index in [4.69, 9.17) is 4.74 Å². The first kappa shape index (κ1) is 20.0. The first-order valence-electron chi connectivity index (χ1n) is 11.5. The van der Waals surface area contributed by atoms with Crippen LogP contribution in [0, 0.1) is 12.7 Å². The van der Waals surface area contributed by atoms with Gasteiger partial charge in [-0.2, -0.15) is 15.1 Å². The largest absolute Gasteiger partial charge is 0.421 e. The third kappa shape index (κ3) is 4.10. The summed E-state index contributed by atoms with van der Waals surface area (Å²) >= 11 is 0. The van der Waals surface area contributed by atoms with Crippen LogP contribution in [0.15, 0.2) is 30.3 Å². The van der Waals surface area contributed by atoms with Gasteiger partial charge in [-0.05, 0) is 57.2 Å². The Bertz CT molecular complexity index is 1300. The average molecular weight is 448 g/mol. The molecule has 0 atom stereocenters. The first-order chi connectivity index (χ1) is 16.1. The number of nitrogens with one attached hydrogen (secondary N) is 3. The number of benzene rings is 1. The second-order valence-electron chi connectivity index (χ2n) is 8.94. The number of aromatic amines is 2. The molecule has 4 heterocycles. The Balaban J connectivity index is 1.33. The van der Waals surface area contributed by atoms with Crippen LogP contribution >= 0.6 is 0 Å². The van der Waals surface area contributed by atoms with Crippen molar-refractivity contribution in [3.63, 3.8) is 0 Å². The summed E-state index contributed by atoms with van der Waals surface area (Å²) in [4.78, 5) is 14.5. The van der Waals surface area contributed by atoms with Gasteiger partial charge in [0.05, 0.1) is 0 Å². The number of hydrogen-bond donors (Lipinski definition) is 3. The summed E-state index contributed by atoms with van der Waals surface area (Å²) in [5.41, 5.74) is 2.75. The van der Waals surface area contributed by atoms with Crippen molar-refractivity contribution in [2.45, 2.75) is 44.9 Å². The van der Waals surface area contributed by atoms with E-state index in [1.165, 1.54) is 19.3 Å². The fourth-order valence-corrected chi connectivity index (χ4v) is 4.41. The summed E-state index contributed by atoms with van der Waals surface area (Å²) in [6, 6.07) is 9.19. The zero-order valence-corrected chi connectivity index (χ0v) is 18.5. The smallest absolute Gasteiger partial charge is 0.326 e. The number of halogens is 1. The molecule has 0 amide bonds. The molecule has 9 heteroatoms. The van der Waals surface area contributed by atoms with Crippen LogP contribution in [0.4, 0.5) is 21.8 Å². The number of ether oxygens (including phenoxy) is 1. The average Bonchev–Trinajstić information content (AvgIpc) is 3.45. The number of aryl methyl sites for hydroxylation is 1. The molecule has 0 spiro atoms. The highest BCUT2D eigenvalue weighted by molar-refractivity contribution is 5.82. The summed E-state index contributed by atoms with van der Waals surface area (Å²) in [6.07, 6.45) is 5.84. The Morgan fingerprint density at radius 2 is 1.91 bits per heavy atom. The van der Waals surface area contributed by atoms with Crippen LogP contribution in [0.3, 0.4) is 0 Å². The van der Waals surface area contributed by atoms with Gasteiger partial charge in [0.25, 0.3) is 0 Å². The second kappa shape index (κ2) is 8.06. The van der Waals surface area contributed by atoms with E-state index in [-0.39, 0.29) is 11.8 Å². The van der Waals surface area contributed by atoms with Gasteiger partial charge in [-0.3, -0.25) is 5.10 Å². The van der Waals surface area contributed by atoms with Gasteiger partial charge in [0.1, 0.15) is 11.6 Å². The number of hydrogen-bond acceptors (Lipinski definition) is 6. The van der Waals surface area contributed by atoms with Crippen LogP contribution in [0.5, 0.6) is 11.8 Å². The van der Waals surface area contributed by atoms with Gasteiger partial charge < -0.3 is 19.9 Å². The molecule has 4 aromatic rings. The topological polar surface area (TPSA) is 94.8 Å². The number of rotatable bonds is 6. The highest BCUT2D eigenvalue weighted by Gasteiger charge is 2.26. The third-order valence-corrected chi connectivity index (χ3v) is 6.28. The molecule has 2 fully saturated rings. The maximum atomic E-state index is 15.1. The SMILES string of the molecule is Cc1cc2c(F)c(Oc3nc(Nc4cc(C5CC5)[nH]n4)cc(N4CCCCC4)n3)ccc2[nH]1. The molecule has 1 aliphatic carbocycles. The minimum atomic E-state index is -0.431. The predicted molar refractivity (Wildman–Crippen MR) is 125 cm³/mol. The Labute approximate surface area is 190 Å². The van der Waals surface area contributed by atoms with E-state index in [0.717, 1.165) is 48.7 Å². The minimum absolute atomic E-state index is 0.0963. The Morgan fingerprint density at radius 3 is 2.73 bits per heavy atom. The molecule has 3 aromatic heterocycles. The van der Waals surface area contributed by atoms with Crippen molar-refractivity contribution in [2.75, 3.05) is 23.3 Å². The standard InChI is InChI=1S/C24H26FN7O/c1-14-11-16-17(26-14)7-8-19(23(16)25)33-24-28-20(13-22(29-24)32-9-3-2-4-10-32)27-21-12-18(30-31-21)15-5-6-15/h7-8,11-13,15,26H,2-6,9-10H2,1H3,(H2,27,28,29,30,31). The van der Waals surface area contributed by atoms with Crippen molar-refractivity contribution < 1.29 is 9.13 Å². The van der Waals surface area contributed by atoms with Crippen molar-refractivity contribution in [3.8, 4) is 11.8 Å². The van der Waals surface area contributed by atoms with Crippen molar-refractivity contribution >= 4 is 28.4 Å². The molecule has 1 aliphatic heterocycles. The molecule has 6 rings (SSSR count). The molecule has 170 valence electrons. The van der Waals surface area contributed by atoms with Crippen LogP contribution in [0.25, 0.3) is 10.9 Å². The van der Waals surface area contributed by atoms with E-state index in [0.29, 0.717) is 22.9 Å². The molecule has 0 bridgehead atoms. The molecule has 3 N–H and O–H groups in total. The van der Waals surface area contributed by atoms with E-state index in [1.807, 2.05) is 19.1 Å². The van der Waals surface area contributed by atoms with Crippen LogP contribution in [-0.2, 0) is 0 Å². The summed E-state index contributed by atoms with van der Waals surface area (Å²) in [5.74, 6) is 2.27. The van der Waals surface area contributed by atoms with Crippen LogP contribution in [0.1, 0.15) is 49.4 Å². The molecule has 0 unspecified atom stereocenters. The highest BCUT2D eigenvalue weighted by Crippen LogP contribution is 2.40. The van der Waals surface area contributed by atoms with E-state index < -0.39 is 5.82 Å². The van der Waals surface area contributed by atoms with Gasteiger partial charge in [-0.25, -0.2) is 4.39 Å². The summed E-state index contributed by atoms with van der Waals surface area (Å²) in [7, 11) is 0. The van der Waals surface area contributed by atoms with Crippen LogP contribution in [0.2, 0.25) is 0 Å². The normalized spacial score (nSPS) is 16.4. The molecule has 0 radical (unpaired) electrons. The highest BCUT2D eigenvalue weighted by atomic mass is 19.1. The molecule has 8 nitrogen and oxygen atoms in total. The lowest BCUT2D eigenvalue weighted by atomic mass is 10.1. The van der Waals surface area contributed by atoms with Gasteiger partial charge in [0.15, 0.2) is 17.4 Å². The fraction of sp³-hybridized carbons (Fsp3) is 0.375. The van der Waals surface area contributed by atoms with Gasteiger partial charge in [0, 0.05) is 53.4 Å². The monoisotopic (exact) mass is 447 g/mol. The summed E-state index contributed by atoms with van der Waals surface area (Å²) in [5, 5.41) is 11.2. The number of piperidine rings is 1. The fourth-order valence-electron chi connectivity index (χ4n) is 4.41. The van der Waals surface area contributed by atoms with Crippen molar-refractivity contribution in [1.29, 1.82) is 0 Å². The molecule has 1 saturated carbocycles. The zero-order valence-electron chi connectivity index (χ0n) is 18.5. The maximum Gasteiger partial charge on any atom is 0.326 e. The molecular formula is C24H26FN7O. The quantitative estimate of drug-likeness (QED) is 0.360. The number of nitrogens with zero attached hydrogens (tertiary/aromatic N) is 4. The van der Waals surface area contributed by atoms with Gasteiger partial charge in [0.2, 0.25) is 0 Å². The number of H-pyrrole nitrogens is 2. The molecule has 1 aromatic carbocycles. The van der Waals surface area contributed by atoms with Crippen molar-refractivity contribution in [2.24, 2.45) is 0 Å². The van der Waals surface area contributed by atoms with Gasteiger partial charge >= 0.3 is 6.01 Å². The lowest BCUT2D eigenvalue weighted by Crippen LogP contribution is -2.30. The van der Waals surface area contributed by atoms with E-state index in [9.17, 15) is 0 Å². The number of aromatic nitrogens is 5. The minimum Gasteiger partial charge on any atom is -0.421 e. The van der Waals surface area contributed by atoms with Crippen LogP contribution < -0.4 is 15.0 Å². The lowest BCUT2D eigenvalue weighted by Gasteiger charge is -2.28. The van der Waals surface area contributed by atoms with E-state index >= 15 is 4.39 Å². The van der Waals surface area contributed by atoms with E-state index in [1.54, 1.807) is 18.2 Å². The first-order valence-corrected chi connectivity index (χ1v) is 11.5. The number of anilines is 3. The summed E-state index contributed by atoms with van der Waals surface area (Å²) < 4.78 is 21.0. The number of fused-ring (bicyclic) bond motifs is 1. The van der Waals surface area contributed by atoms with Gasteiger partial charge in [-0.15, -0.1) is 0 Å². The summed E-state index contributed by atoms with van der Waals surface area (Å²) in [6.45, 7) is 3.74. The molecule has 1 saturated heterocycles. The Hall–Kier alpha value is -3.62. The Kier molecular flexibility index (Phi) is 4.89. The van der Waals surface area contributed by atoms with Gasteiger partial charge in [-0.1, -0.05) is 0 Å². The second-order valence-corrected chi connectivity index (χ2v) is 8.94. The Morgan fingerprint density at radius 1 is 1.06 bits per heavy atom. The maximum absolute atomic E-state index is 15.1. The van der Waals surface area contributed by atoms with E-state index in [2.05, 4.69) is 35.4 Å². The van der Waals surface area contributed by atoms with Crippen molar-refractivity contribution in [3.05, 3.63) is 47.5 Å². The molecule has 2 aliphatic rings. The lowest BCUT2D eigenvalue weighted by molar-refractivity contribution is 0.414. The zero-order chi connectivity index (χ0) is 22.4. The molecule has 33 heavy (non-hydrogen) atoms.